The fourth-order valence-corrected chi connectivity index (χ4v) is 5.51. The lowest BCUT2D eigenvalue weighted by atomic mass is 9.95. The summed E-state index contributed by atoms with van der Waals surface area (Å²) in [5.74, 6) is -0.602. The van der Waals surface area contributed by atoms with Crippen LogP contribution in [0.3, 0.4) is 0 Å². The van der Waals surface area contributed by atoms with E-state index in [9.17, 15) is 4.79 Å². The molecule has 7 heteroatoms. The van der Waals surface area contributed by atoms with E-state index in [2.05, 4.69) is 22.8 Å². The van der Waals surface area contributed by atoms with Gasteiger partial charge in [-0.05, 0) is 74.4 Å². The predicted octanol–water partition coefficient (Wildman–Crippen LogP) is 5.20. The molecule has 2 aliphatic rings. The molecule has 0 saturated carbocycles. The minimum atomic E-state index is -0.379. The summed E-state index contributed by atoms with van der Waals surface area (Å²) in [6.07, 6.45) is 4.13. The number of rotatable bonds is 8. The molecule has 2 fully saturated rings. The molecule has 0 aromatic heterocycles. The molecular formula is C29H39FN2O4. The number of piperidine rings is 1. The highest BCUT2D eigenvalue weighted by Gasteiger charge is 2.25. The highest BCUT2D eigenvalue weighted by molar-refractivity contribution is 5.95. The van der Waals surface area contributed by atoms with Crippen molar-refractivity contribution in [1.29, 1.82) is 0 Å². The Morgan fingerprint density at radius 2 is 1.81 bits per heavy atom. The lowest BCUT2D eigenvalue weighted by molar-refractivity contribution is 0.0386. The number of carbonyl (C=O) groups excluding carboxylic acids is 1. The van der Waals surface area contributed by atoms with Gasteiger partial charge in [-0.2, -0.15) is 0 Å². The first-order chi connectivity index (χ1) is 17.4. The van der Waals surface area contributed by atoms with Gasteiger partial charge in [0.15, 0.2) is 0 Å². The van der Waals surface area contributed by atoms with Crippen molar-refractivity contribution < 1.29 is 23.4 Å². The van der Waals surface area contributed by atoms with Crippen LogP contribution in [0.15, 0.2) is 30.3 Å². The molecule has 0 aliphatic carbocycles. The van der Waals surface area contributed by atoms with Gasteiger partial charge in [-0.15, -0.1) is 0 Å². The second kappa shape index (κ2) is 12.2. The third-order valence-corrected chi connectivity index (χ3v) is 7.72. The summed E-state index contributed by atoms with van der Waals surface area (Å²) in [6.45, 7) is 8.77. The van der Waals surface area contributed by atoms with Crippen molar-refractivity contribution in [3.63, 3.8) is 0 Å². The molecule has 0 unspecified atom stereocenters. The highest BCUT2D eigenvalue weighted by atomic mass is 19.1. The maximum Gasteiger partial charge on any atom is 0.338 e. The Labute approximate surface area is 214 Å². The van der Waals surface area contributed by atoms with Crippen LogP contribution >= 0.6 is 0 Å². The second-order valence-electron chi connectivity index (χ2n) is 9.81. The van der Waals surface area contributed by atoms with Crippen molar-refractivity contribution >= 4 is 11.7 Å². The van der Waals surface area contributed by atoms with Crippen LogP contribution in [0.5, 0.6) is 0 Å². The topological polar surface area (TPSA) is 51.2 Å². The fraction of sp³-hybridized carbons (Fsp3) is 0.552. The predicted molar refractivity (Wildman–Crippen MR) is 140 cm³/mol. The number of likely N-dealkylation sites (tertiary alicyclic amines) is 1. The molecule has 2 saturated heterocycles. The number of ether oxygens (including phenoxy) is 3. The fourth-order valence-electron chi connectivity index (χ4n) is 5.51. The molecule has 2 aromatic rings. The molecule has 0 atom stereocenters. The first kappa shape index (κ1) is 26.6. The van der Waals surface area contributed by atoms with Crippen LogP contribution in [0.4, 0.5) is 10.1 Å². The van der Waals surface area contributed by atoms with E-state index in [1.807, 2.05) is 25.1 Å². The number of methoxy groups -OCH3 is 2. The average Bonchev–Trinajstić information content (AvgIpc) is 2.91. The Morgan fingerprint density at radius 3 is 2.42 bits per heavy atom. The van der Waals surface area contributed by atoms with E-state index in [0.29, 0.717) is 29.8 Å². The largest absolute Gasteiger partial charge is 0.465 e. The van der Waals surface area contributed by atoms with Gasteiger partial charge in [-0.3, -0.25) is 4.90 Å². The lowest BCUT2D eigenvalue weighted by Gasteiger charge is -2.37. The Morgan fingerprint density at radius 1 is 1.08 bits per heavy atom. The second-order valence-corrected chi connectivity index (χ2v) is 9.81. The van der Waals surface area contributed by atoms with Gasteiger partial charge in [0.05, 0.1) is 18.8 Å². The molecule has 6 nitrogen and oxygen atoms in total. The van der Waals surface area contributed by atoms with Gasteiger partial charge in [-0.1, -0.05) is 12.1 Å². The monoisotopic (exact) mass is 498 g/mol. The molecule has 36 heavy (non-hydrogen) atoms. The number of halogens is 1. The zero-order valence-electron chi connectivity index (χ0n) is 22.0. The van der Waals surface area contributed by atoms with E-state index in [-0.39, 0.29) is 11.8 Å². The number of hydrogen-bond donors (Lipinski definition) is 0. The molecule has 0 amide bonds. The van der Waals surface area contributed by atoms with Crippen LogP contribution in [-0.2, 0) is 20.8 Å². The lowest BCUT2D eigenvalue weighted by Crippen LogP contribution is -2.40. The Kier molecular flexibility index (Phi) is 8.99. The zero-order chi connectivity index (χ0) is 25.7. The average molecular weight is 499 g/mol. The van der Waals surface area contributed by atoms with E-state index in [0.717, 1.165) is 80.9 Å². The van der Waals surface area contributed by atoms with E-state index < -0.39 is 0 Å². The normalized spacial score (nSPS) is 17.8. The van der Waals surface area contributed by atoms with Gasteiger partial charge >= 0.3 is 5.97 Å². The molecule has 0 N–H and O–H groups in total. The Hall–Kier alpha value is -2.48. The van der Waals surface area contributed by atoms with Gasteiger partial charge in [0.25, 0.3) is 0 Å². The van der Waals surface area contributed by atoms with Gasteiger partial charge in [0, 0.05) is 63.8 Å². The molecule has 196 valence electrons. The number of hydrogen-bond acceptors (Lipinski definition) is 6. The Bertz CT molecular complexity index is 1050. The van der Waals surface area contributed by atoms with E-state index in [4.69, 9.17) is 14.2 Å². The molecule has 0 spiro atoms. The van der Waals surface area contributed by atoms with Crippen LogP contribution in [-0.4, -0.2) is 70.1 Å². The van der Waals surface area contributed by atoms with Crippen molar-refractivity contribution in [3.8, 4) is 11.1 Å². The number of anilines is 1. The van der Waals surface area contributed by atoms with Crippen molar-refractivity contribution in [3.05, 3.63) is 52.8 Å². The number of esters is 1. The third kappa shape index (κ3) is 5.90. The van der Waals surface area contributed by atoms with Crippen molar-refractivity contribution in [1.82, 2.24) is 4.90 Å². The summed E-state index contributed by atoms with van der Waals surface area (Å²) < 4.78 is 31.4. The number of carbonyl (C=O) groups is 1. The number of nitrogens with zero attached hydrogens (tertiary/aromatic N) is 2. The highest BCUT2D eigenvalue weighted by Crippen LogP contribution is 2.34. The van der Waals surface area contributed by atoms with E-state index >= 15 is 4.39 Å². The molecule has 2 heterocycles. The van der Waals surface area contributed by atoms with Crippen LogP contribution in [0.1, 0.15) is 54.1 Å². The van der Waals surface area contributed by atoms with Crippen LogP contribution in [0.2, 0.25) is 0 Å². The standard InChI is InChI=1S/C29H39FN2O4/c1-5-32(24-10-14-36-15-11-24)28-18-23(16-26(20(28)2)29(33)35-4)21-6-7-22(27(30)17-21)19-31-12-8-25(34-3)9-13-31/h6-7,16-18,24-25H,5,8-15,19H2,1-4H3. The smallest absolute Gasteiger partial charge is 0.338 e. The van der Waals surface area contributed by atoms with Crippen LogP contribution < -0.4 is 4.90 Å². The summed E-state index contributed by atoms with van der Waals surface area (Å²) in [7, 11) is 3.15. The third-order valence-electron chi connectivity index (χ3n) is 7.72. The van der Waals surface area contributed by atoms with Gasteiger partial charge < -0.3 is 19.1 Å². The number of benzene rings is 2. The zero-order valence-corrected chi connectivity index (χ0v) is 22.0. The first-order valence-electron chi connectivity index (χ1n) is 13.1. The summed E-state index contributed by atoms with van der Waals surface area (Å²) >= 11 is 0. The maximum atomic E-state index is 15.3. The SMILES string of the molecule is CCN(c1cc(-c2ccc(CN3CCC(OC)CC3)c(F)c2)cc(C(=O)OC)c1C)C1CCOCC1. The molecule has 0 bridgehead atoms. The van der Waals surface area contributed by atoms with Crippen molar-refractivity contribution in [2.75, 3.05) is 52.0 Å². The first-order valence-corrected chi connectivity index (χ1v) is 13.1. The summed E-state index contributed by atoms with van der Waals surface area (Å²) in [5, 5.41) is 0. The van der Waals surface area contributed by atoms with Crippen LogP contribution in [0.25, 0.3) is 11.1 Å². The minimum absolute atomic E-state index is 0.222. The van der Waals surface area contributed by atoms with Crippen LogP contribution in [0, 0.1) is 12.7 Å². The molecule has 0 radical (unpaired) electrons. The maximum absolute atomic E-state index is 15.3. The Balaban J connectivity index is 1.64. The van der Waals surface area contributed by atoms with Crippen molar-refractivity contribution in [2.45, 2.75) is 58.2 Å². The van der Waals surface area contributed by atoms with E-state index in [1.54, 1.807) is 13.2 Å². The van der Waals surface area contributed by atoms with Crippen molar-refractivity contribution in [2.24, 2.45) is 0 Å². The molecule has 4 rings (SSSR count). The summed E-state index contributed by atoms with van der Waals surface area (Å²) in [4.78, 5) is 17.3. The van der Waals surface area contributed by atoms with Gasteiger partial charge in [0.2, 0.25) is 0 Å². The molecule has 2 aromatic carbocycles. The minimum Gasteiger partial charge on any atom is -0.465 e. The molecule has 2 aliphatic heterocycles. The van der Waals surface area contributed by atoms with Gasteiger partial charge in [0.1, 0.15) is 5.82 Å². The van der Waals surface area contributed by atoms with Gasteiger partial charge in [-0.25, -0.2) is 9.18 Å². The summed E-state index contributed by atoms with van der Waals surface area (Å²) in [6, 6.07) is 9.68. The molecular weight excluding hydrogens is 459 g/mol. The summed E-state index contributed by atoms with van der Waals surface area (Å²) in [5.41, 5.74) is 4.65. The quantitative estimate of drug-likeness (QED) is 0.466. The van der Waals surface area contributed by atoms with E-state index in [1.165, 1.54) is 7.11 Å².